The van der Waals surface area contributed by atoms with Crippen LogP contribution >= 0.6 is 23.1 Å². The molecule has 0 fully saturated rings. The van der Waals surface area contributed by atoms with Gasteiger partial charge in [0.05, 0.1) is 11.8 Å². The van der Waals surface area contributed by atoms with Gasteiger partial charge in [-0.15, -0.1) is 10.2 Å². The van der Waals surface area contributed by atoms with Crippen molar-refractivity contribution in [1.82, 2.24) is 15.5 Å². The number of rotatable bonds is 6. The van der Waals surface area contributed by atoms with Crippen molar-refractivity contribution in [3.63, 3.8) is 0 Å². The molecule has 4 rings (SSSR count). The molecule has 1 atom stereocenters. The Morgan fingerprint density at radius 1 is 1.18 bits per heavy atom. The maximum Gasteiger partial charge on any atom is 0.230 e. The molecule has 0 radical (unpaired) electrons. The van der Waals surface area contributed by atoms with Crippen molar-refractivity contribution in [3.05, 3.63) is 65.2 Å². The van der Waals surface area contributed by atoms with Crippen molar-refractivity contribution in [2.75, 3.05) is 11.1 Å². The SMILES string of the molecule is Cc1ccc(Nc2nnc(SCC(=O)N[C@@H]3CCCc4ccccc43)s2)cc1. The maximum atomic E-state index is 12.4. The first-order valence-electron chi connectivity index (χ1n) is 9.34. The topological polar surface area (TPSA) is 66.9 Å². The van der Waals surface area contributed by atoms with E-state index in [1.807, 2.05) is 30.3 Å². The van der Waals surface area contributed by atoms with Gasteiger partial charge in [0.15, 0.2) is 4.34 Å². The van der Waals surface area contributed by atoms with E-state index in [0.717, 1.165) is 34.4 Å². The number of thioether (sulfide) groups is 1. The normalized spacial score (nSPS) is 15.7. The number of amides is 1. The van der Waals surface area contributed by atoms with E-state index < -0.39 is 0 Å². The molecule has 1 aromatic heterocycles. The van der Waals surface area contributed by atoms with Crippen LogP contribution < -0.4 is 10.6 Å². The van der Waals surface area contributed by atoms with Crippen LogP contribution in [0.15, 0.2) is 52.9 Å². The van der Waals surface area contributed by atoms with Gasteiger partial charge in [-0.05, 0) is 49.4 Å². The Hall–Kier alpha value is -2.38. The van der Waals surface area contributed by atoms with Crippen LogP contribution in [0.4, 0.5) is 10.8 Å². The van der Waals surface area contributed by atoms with Gasteiger partial charge < -0.3 is 10.6 Å². The monoisotopic (exact) mass is 410 g/mol. The molecule has 0 saturated carbocycles. The lowest BCUT2D eigenvalue weighted by Crippen LogP contribution is -2.32. The zero-order chi connectivity index (χ0) is 19.3. The minimum Gasteiger partial charge on any atom is -0.349 e. The van der Waals surface area contributed by atoms with Crippen molar-refractivity contribution >= 4 is 39.8 Å². The summed E-state index contributed by atoms with van der Waals surface area (Å²) >= 11 is 2.88. The number of hydrogen-bond acceptors (Lipinski definition) is 6. The van der Waals surface area contributed by atoms with Crippen molar-refractivity contribution in [2.45, 2.75) is 36.6 Å². The standard InChI is InChI=1S/C21H22N4OS2/c1-14-9-11-16(12-10-14)22-20-24-25-21(28-20)27-13-19(26)23-18-8-4-6-15-5-2-3-7-17(15)18/h2-3,5,7,9-12,18H,4,6,8,13H2,1H3,(H,22,24)(H,23,26)/t18-/m1/s1. The third kappa shape index (κ3) is 4.72. The summed E-state index contributed by atoms with van der Waals surface area (Å²) in [4.78, 5) is 12.4. The van der Waals surface area contributed by atoms with Gasteiger partial charge in [0.25, 0.3) is 0 Å². The average Bonchev–Trinajstić information content (AvgIpc) is 3.16. The number of benzene rings is 2. The fourth-order valence-corrected chi connectivity index (χ4v) is 4.93. The van der Waals surface area contributed by atoms with Crippen molar-refractivity contribution in [1.29, 1.82) is 0 Å². The van der Waals surface area contributed by atoms with E-state index in [4.69, 9.17) is 0 Å². The molecule has 5 nitrogen and oxygen atoms in total. The lowest BCUT2D eigenvalue weighted by Gasteiger charge is -2.26. The number of nitrogens with one attached hydrogen (secondary N) is 2. The zero-order valence-electron chi connectivity index (χ0n) is 15.6. The number of carbonyl (C=O) groups is 1. The number of carbonyl (C=O) groups excluding carboxylic acids is 1. The minimum atomic E-state index is 0.0370. The molecule has 3 aromatic rings. The van der Waals surface area contributed by atoms with Crippen molar-refractivity contribution in [2.24, 2.45) is 0 Å². The molecule has 28 heavy (non-hydrogen) atoms. The summed E-state index contributed by atoms with van der Waals surface area (Å²) in [5.74, 6) is 0.382. The van der Waals surface area contributed by atoms with Crippen LogP contribution in [-0.2, 0) is 11.2 Å². The fraction of sp³-hybridized carbons (Fsp3) is 0.286. The Balaban J connectivity index is 1.30. The first-order chi connectivity index (χ1) is 13.7. The number of aryl methyl sites for hydroxylation is 2. The predicted molar refractivity (Wildman–Crippen MR) is 115 cm³/mol. The molecule has 0 aliphatic heterocycles. The second kappa shape index (κ2) is 8.75. The molecule has 0 bridgehead atoms. The third-order valence-electron chi connectivity index (χ3n) is 4.74. The molecule has 1 heterocycles. The van der Waals surface area contributed by atoms with E-state index in [2.05, 4.69) is 46.0 Å². The van der Waals surface area contributed by atoms with E-state index in [1.54, 1.807) is 0 Å². The first kappa shape index (κ1) is 19.0. The lowest BCUT2D eigenvalue weighted by atomic mass is 9.88. The van der Waals surface area contributed by atoms with E-state index in [-0.39, 0.29) is 11.9 Å². The molecule has 1 amide bonds. The summed E-state index contributed by atoms with van der Waals surface area (Å²) in [7, 11) is 0. The van der Waals surface area contributed by atoms with Crippen molar-refractivity contribution < 1.29 is 4.79 Å². The molecule has 1 aliphatic carbocycles. The maximum absolute atomic E-state index is 12.4. The van der Waals surface area contributed by atoms with Gasteiger partial charge in [-0.25, -0.2) is 0 Å². The largest absolute Gasteiger partial charge is 0.349 e. The van der Waals surface area contributed by atoms with Gasteiger partial charge in [0, 0.05) is 5.69 Å². The highest BCUT2D eigenvalue weighted by atomic mass is 32.2. The van der Waals surface area contributed by atoms with Gasteiger partial charge in [0.1, 0.15) is 0 Å². The molecule has 144 valence electrons. The van der Waals surface area contributed by atoms with Crippen LogP contribution in [0.25, 0.3) is 0 Å². The highest BCUT2D eigenvalue weighted by molar-refractivity contribution is 8.01. The molecule has 2 aromatic carbocycles. The summed E-state index contributed by atoms with van der Waals surface area (Å²) in [6.45, 7) is 2.06. The number of fused-ring (bicyclic) bond motifs is 1. The minimum absolute atomic E-state index is 0.0370. The summed E-state index contributed by atoms with van der Waals surface area (Å²) in [5, 5.41) is 15.5. The molecule has 7 heteroatoms. The van der Waals surface area contributed by atoms with Gasteiger partial charge in [-0.2, -0.15) is 0 Å². The highest BCUT2D eigenvalue weighted by Crippen LogP contribution is 2.30. The Kier molecular flexibility index (Phi) is 5.92. The molecular formula is C21H22N4OS2. The van der Waals surface area contributed by atoms with Crippen LogP contribution in [0.5, 0.6) is 0 Å². The molecule has 0 spiro atoms. The van der Waals surface area contributed by atoms with Gasteiger partial charge in [-0.3, -0.25) is 4.79 Å². The third-order valence-corrected chi connectivity index (χ3v) is 6.71. The Labute approximate surface area is 173 Å². The number of nitrogens with zero attached hydrogens (tertiary/aromatic N) is 2. The average molecular weight is 411 g/mol. The summed E-state index contributed by atoms with van der Waals surface area (Å²) in [5.41, 5.74) is 4.80. The fourth-order valence-electron chi connectivity index (χ4n) is 3.35. The quantitative estimate of drug-likeness (QED) is 0.567. The Morgan fingerprint density at radius 3 is 2.86 bits per heavy atom. The second-order valence-electron chi connectivity index (χ2n) is 6.86. The van der Waals surface area contributed by atoms with Crippen LogP contribution in [-0.4, -0.2) is 21.9 Å². The Bertz CT molecular complexity index is 955. The van der Waals surface area contributed by atoms with Crippen LogP contribution in [0.3, 0.4) is 0 Å². The van der Waals surface area contributed by atoms with E-state index in [0.29, 0.717) is 5.75 Å². The first-order valence-corrected chi connectivity index (χ1v) is 11.1. The number of aromatic nitrogens is 2. The summed E-state index contributed by atoms with van der Waals surface area (Å²) in [6, 6.07) is 16.6. The van der Waals surface area contributed by atoms with Crippen LogP contribution in [0, 0.1) is 6.92 Å². The smallest absolute Gasteiger partial charge is 0.230 e. The molecule has 0 saturated heterocycles. The summed E-state index contributed by atoms with van der Waals surface area (Å²) < 4.78 is 0.786. The van der Waals surface area contributed by atoms with Gasteiger partial charge >= 0.3 is 0 Å². The molecule has 0 unspecified atom stereocenters. The van der Waals surface area contributed by atoms with Gasteiger partial charge in [-0.1, -0.05) is 65.1 Å². The predicted octanol–water partition coefficient (Wildman–Crippen LogP) is 4.88. The lowest BCUT2D eigenvalue weighted by molar-refractivity contribution is -0.119. The number of hydrogen-bond donors (Lipinski definition) is 2. The van der Waals surface area contributed by atoms with Crippen molar-refractivity contribution in [3.8, 4) is 0 Å². The molecule has 1 aliphatic rings. The van der Waals surface area contributed by atoms with Crippen LogP contribution in [0.1, 0.15) is 35.6 Å². The zero-order valence-corrected chi connectivity index (χ0v) is 17.3. The van der Waals surface area contributed by atoms with Gasteiger partial charge in [0.2, 0.25) is 11.0 Å². The number of anilines is 2. The second-order valence-corrected chi connectivity index (χ2v) is 9.06. The molecular weight excluding hydrogens is 388 g/mol. The summed E-state index contributed by atoms with van der Waals surface area (Å²) in [6.07, 6.45) is 3.20. The molecule has 2 N–H and O–H groups in total. The Morgan fingerprint density at radius 2 is 2.00 bits per heavy atom. The van der Waals surface area contributed by atoms with E-state index in [9.17, 15) is 4.79 Å². The van der Waals surface area contributed by atoms with E-state index >= 15 is 0 Å². The highest BCUT2D eigenvalue weighted by Gasteiger charge is 2.21. The van der Waals surface area contributed by atoms with Crippen LogP contribution in [0.2, 0.25) is 0 Å². The van der Waals surface area contributed by atoms with E-state index in [1.165, 1.54) is 39.8 Å².